The number of hydrogen-bond acceptors (Lipinski definition) is 3. The van der Waals surface area contributed by atoms with Gasteiger partial charge >= 0.3 is 6.36 Å². The molecule has 0 saturated carbocycles. The highest BCUT2D eigenvalue weighted by atomic mass is 35.5. The smallest absolute Gasteiger partial charge is 0.406 e. The van der Waals surface area contributed by atoms with Crippen LogP contribution < -0.4 is 15.8 Å². The predicted molar refractivity (Wildman–Crippen MR) is 80.0 cm³/mol. The van der Waals surface area contributed by atoms with Crippen LogP contribution in [0.5, 0.6) is 5.75 Å². The number of carbonyl (C=O) groups is 1. The second kappa shape index (κ2) is 8.24. The number of carbonyl (C=O) groups excluding carboxylic acids is 1. The Morgan fingerprint density at radius 3 is 2.23 bits per heavy atom. The van der Waals surface area contributed by atoms with Gasteiger partial charge in [-0.15, -0.1) is 25.6 Å². The van der Waals surface area contributed by atoms with Gasteiger partial charge in [0.25, 0.3) is 0 Å². The molecule has 0 saturated heterocycles. The summed E-state index contributed by atoms with van der Waals surface area (Å²) in [7, 11) is 0. The van der Waals surface area contributed by atoms with Crippen LogP contribution in [0.3, 0.4) is 0 Å². The first-order valence-electron chi connectivity index (χ1n) is 6.47. The molecule has 3 N–H and O–H groups in total. The lowest BCUT2D eigenvalue weighted by atomic mass is 10.0. The van der Waals surface area contributed by atoms with Gasteiger partial charge in [-0.25, -0.2) is 0 Å². The molecule has 0 bridgehead atoms. The van der Waals surface area contributed by atoms with E-state index in [4.69, 9.17) is 5.73 Å². The number of amides is 1. The second-order valence-electron chi connectivity index (χ2n) is 5.33. The zero-order chi connectivity index (χ0) is 16.1. The first kappa shape index (κ1) is 20.5. The molecule has 1 aromatic rings. The molecule has 1 amide bonds. The normalized spacial score (nSPS) is 11.5. The van der Waals surface area contributed by atoms with E-state index >= 15 is 0 Å². The minimum atomic E-state index is -4.70. The van der Waals surface area contributed by atoms with E-state index in [-0.39, 0.29) is 30.5 Å². The molecule has 0 atom stereocenters. The highest BCUT2D eigenvalue weighted by molar-refractivity contribution is 5.85. The maximum atomic E-state index is 12.0. The maximum absolute atomic E-state index is 12.0. The molecule has 0 spiro atoms. The van der Waals surface area contributed by atoms with Gasteiger partial charge in [0.1, 0.15) is 5.75 Å². The summed E-state index contributed by atoms with van der Waals surface area (Å²) in [5.74, 6) is -0.430. The monoisotopic (exact) mass is 340 g/mol. The lowest BCUT2D eigenvalue weighted by Gasteiger charge is -2.24. The third-order valence-corrected chi connectivity index (χ3v) is 2.79. The molecule has 0 aliphatic rings. The Balaban J connectivity index is 0.00000441. The van der Waals surface area contributed by atoms with Gasteiger partial charge in [0.2, 0.25) is 5.91 Å². The van der Waals surface area contributed by atoms with E-state index in [1.807, 2.05) is 13.8 Å². The number of halogens is 4. The number of nitrogens with one attached hydrogen (secondary N) is 1. The van der Waals surface area contributed by atoms with Gasteiger partial charge in [0.15, 0.2) is 0 Å². The fourth-order valence-electron chi connectivity index (χ4n) is 1.61. The first-order chi connectivity index (χ1) is 9.61. The van der Waals surface area contributed by atoms with Crippen molar-refractivity contribution in [1.29, 1.82) is 0 Å². The van der Waals surface area contributed by atoms with Crippen LogP contribution >= 0.6 is 12.4 Å². The van der Waals surface area contributed by atoms with Gasteiger partial charge in [-0.2, -0.15) is 0 Å². The number of rotatable bonds is 6. The summed E-state index contributed by atoms with van der Waals surface area (Å²) in [5, 5.41) is 2.78. The van der Waals surface area contributed by atoms with E-state index < -0.39 is 11.9 Å². The van der Waals surface area contributed by atoms with Crippen molar-refractivity contribution in [2.75, 3.05) is 6.54 Å². The topological polar surface area (TPSA) is 64.3 Å². The Hall–Kier alpha value is -1.47. The Labute approximate surface area is 133 Å². The van der Waals surface area contributed by atoms with Gasteiger partial charge < -0.3 is 15.8 Å². The second-order valence-corrected chi connectivity index (χ2v) is 5.33. The Bertz CT molecular complexity index is 476. The van der Waals surface area contributed by atoms with Crippen molar-refractivity contribution in [2.45, 2.75) is 38.6 Å². The average Bonchev–Trinajstić information content (AvgIpc) is 2.36. The Kier molecular flexibility index (Phi) is 7.69. The van der Waals surface area contributed by atoms with Crippen LogP contribution in [0, 0.1) is 0 Å². The first-order valence-corrected chi connectivity index (χ1v) is 6.47. The van der Waals surface area contributed by atoms with Crippen LogP contribution in [0.2, 0.25) is 0 Å². The van der Waals surface area contributed by atoms with Crippen LogP contribution in [0.25, 0.3) is 0 Å². The van der Waals surface area contributed by atoms with Crippen molar-refractivity contribution in [3.63, 3.8) is 0 Å². The summed E-state index contributed by atoms with van der Waals surface area (Å²) >= 11 is 0. The number of aryl methyl sites for hydroxylation is 1. The van der Waals surface area contributed by atoms with Crippen molar-refractivity contribution in [3.05, 3.63) is 29.8 Å². The Morgan fingerprint density at radius 2 is 1.77 bits per heavy atom. The predicted octanol–water partition coefficient (Wildman–Crippen LogP) is 2.79. The summed E-state index contributed by atoms with van der Waals surface area (Å²) in [6, 6.07) is 5.46. The van der Waals surface area contributed by atoms with Crippen LogP contribution in [-0.4, -0.2) is 24.4 Å². The maximum Gasteiger partial charge on any atom is 0.573 e. The lowest BCUT2D eigenvalue weighted by molar-refractivity contribution is -0.274. The zero-order valence-corrected chi connectivity index (χ0v) is 13.2. The molecule has 0 radical (unpaired) electrons. The summed E-state index contributed by atoms with van der Waals surface area (Å²) in [5.41, 5.74) is 5.79. The third-order valence-electron chi connectivity index (χ3n) is 2.79. The van der Waals surface area contributed by atoms with Crippen molar-refractivity contribution in [3.8, 4) is 5.75 Å². The average molecular weight is 341 g/mol. The molecule has 1 aromatic carbocycles. The van der Waals surface area contributed by atoms with Crippen molar-refractivity contribution in [1.82, 2.24) is 5.32 Å². The van der Waals surface area contributed by atoms with Crippen LogP contribution in [0.15, 0.2) is 24.3 Å². The minimum absolute atomic E-state index is 0. The molecule has 0 aromatic heterocycles. The molecule has 0 aliphatic carbocycles. The van der Waals surface area contributed by atoms with E-state index in [0.717, 1.165) is 5.56 Å². The van der Waals surface area contributed by atoms with Crippen molar-refractivity contribution >= 4 is 18.3 Å². The van der Waals surface area contributed by atoms with Gasteiger partial charge in [-0.3, -0.25) is 4.79 Å². The van der Waals surface area contributed by atoms with Gasteiger partial charge in [-0.05, 0) is 38.0 Å². The van der Waals surface area contributed by atoms with Crippen LogP contribution in [0.1, 0.15) is 25.8 Å². The third kappa shape index (κ3) is 8.09. The molecule has 0 fully saturated rings. The fourth-order valence-corrected chi connectivity index (χ4v) is 1.61. The molecular formula is C14H20ClF3N2O2. The molecule has 8 heteroatoms. The summed E-state index contributed by atoms with van der Waals surface area (Å²) in [4.78, 5) is 11.7. The quantitative estimate of drug-likeness (QED) is 0.837. The number of hydrogen-bond donors (Lipinski definition) is 2. The number of benzene rings is 1. The largest absolute Gasteiger partial charge is 0.573 e. The van der Waals surface area contributed by atoms with Gasteiger partial charge in [-0.1, -0.05) is 12.1 Å². The minimum Gasteiger partial charge on any atom is -0.406 e. The summed E-state index contributed by atoms with van der Waals surface area (Å²) in [6.07, 6.45) is -4.03. The highest BCUT2D eigenvalue weighted by Gasteiger charge is 2.30. The lowest BCUT2D eigenvalue weighted by Crippen LogP contribution is -2.48. The summed E-state index contributed by atoms with van der Waals surface area (Å²) < 4.78 is 39.8. The molecule has 126 valence electrons. The van der Waals surface area contributed by atoms with E-state index in [1.165, 1.54) is 24.3 Å². The fraction of sp³-hybridized carbons (Fsp3) is 0.500. The number of alkyl halides is 3. The number of ether oxygens (including phenoxy) is 1. The van der Waals surface area contributed by atoms with E-state index in [0.29, 0.717) is 13.0 Å². The molecule has 4 nitrogen and oxygen atoms in total. The van der Waals surface area contributed by atoms with Crippen molar-refractivity contribution < 1.29 is 22.7 Å². The molecule has 0 aliphatic heterocycles. The van der Waals surface area contributed by atoms with Gasteiger partial charge in [0.05, 0.1) is 0 Å². The van der Waals surface area contributed by atoms with Crippen LogP contribution in [0.4, 0.5) is 13.2 Å². The number of nitrogens with two attached hydrogens (primary N) is 1. The van der Waals surface area contributed by atoms with E-state index in [1.54, 1.807) is 0 Å². The summed E-state index contributed by atoms with van der Waals surface area (Å²) in [6.45, 7) is 3.95. The zero-order valence-electron chi connectivity index (χ0n) is 12.4. The standard InChI is InChI=1S/C14H19F3N2O2.ClH/c1-13(2,9-18)19-12(20)8-5-10-3-6-11(7-4-10)21-14(15,16)17;/h3-4,6-7H,5,8-9,18H2,1-2H3,(H,19,20);1H. The molecular weight excluding hydrogens is 321 g/mol. The van der Waals surface area contributed by atoms with E-state index in [2.05, 4.69) is 10.1 Å². The van der Waals surface area contributed by atoms with Crippen LogP contribution in [-0.2, 0) is 11.2 Å². The van der Waals surface area contributed by atoms with Gasteiger partial charge in [0, 0.05) is 18.5 Å². The SMILES string of the molecule is CC(C)(CN)NC(=O)CCc1ccc(OC(F)(F)F)cc1.Cl. The highest BCUT2D eigenvalue weighted by Crippen LogP contribution is 2.23. The van der Waals surface area contributed by atoms with Crippen molar-refractivity contribution in [2.24, 2.45) is 5.73 Å². The molecule has 0 unspecified atom stereocenters. The molecule has 1 rings (SSSR count). The molecule has 22 heavy (non-hydrogen) atoms. The molecule has 0 heterocycles. The van der Waals surface area contributed by atoms with E-state index in [9.17, 15) is 18.0 Å². The Morgan fingerprint density at radius 1 is 1.23 bits per heavy atom.